The highest BCUT2D eigenvalue weighted by Gasteiger charge is 2.02. The second-order valence-electron chi connectivity index (χ2n) is 2.56. The van der Waals surface area contributed by atoms with E-state index < -0.39 is 12.1 Å². The molecule has 0 amide bonds. The van der Waals surface area contributed by atoms with Crippen molar-refractivity contribution >= 4 is 0 Å². The molecule has 0 unspecified atom stereocenters. The Hall–Kier alpha value is -1.45. The van der Waals surface area contributed by atoms with Crippen molar-refractivity contribution in [3.63, 3.8) is 0 Å². The molecule has 0 rings (SSSR count). The SMILES string of the molecule is C/C=C\CC/C=C\C=C\OC(F)=C(F)F. The first-order valence-electron chi connectivity index (χ1n) is 4.48. The third-order valence-corrected chi connectivity index (χ3v) is 1.38. The first-order valence-corrected chi connectivity index (χ1v) is 4.48. The summed E-state index contributed by atoms with van der Waals surface area (Å²) in [5.41, 5.74) is 0. The Morgan fingerprint density at radius 2 is 1.73 bits per heavy atom. The minimum absolute atomic E-state index is 0.838. The summed E-state index contributed by atoms with van der Waals surface area (Å²) in [6.45, 7) is 1.93. The van der Waals surface area contributed by atoms with Gasteiger partial charge in [-0.1, -0.05) is 24.3 Å². The maximum atomic E-state index is 12.0. The molecule has 0 fully saturated rings. The van der Waals surface area contributed by atoms with Crippen LogP contribution in [0.3, 0.4) is 0 Å². The van der Waals surface area contributed by atoms with E-state index in [1.165, 1.54) is 6.08 Å². The molecule has 0 saturated carbocycles. The Morgan fingerprint density at radius 1 is 1.07 bits per heavy atom. The smallest absolute Gasteiger partial charge is 0.344 e. The lowest BCUT2D eigenvalue weighted by Crippen LogP contribution is -1.76. The minimum atomic E-state index is -2.46. The quantitative estimate of drug-likeness (QED) is 0.277. The number of hydrogen-bond acceptors (Lipinski definition) is 1. The van der Waals surface area contributed by atoms with Crippen molar-refractivity contribution in [3.8, 4) is 0 Å². The van der Waals surface area contributed by atoms with Gasteiger partial charge in [0.05, 0.1) is 6.26 Å². The van der Waals surface area contributed by atoms with Gasteiger partial charge in [-0.3, -0.25) is 0 Å². The fraction of sp³-hybridized carbons (Fsp3) is 0.273. The molecule has 0 aliphatic rings. The van der Waals surface area contributed by atoms with Crippen LogP contribution in [-0.2, 0) is 4.74 Å². The lowest BCUT2D eigenvalue weighted by atomic mass is 10.3. The summed E-state index contributed by atoms with van der Waals surface area (Å²) in [6.07, 6.45) is 8.87. The topological polar surface area (TPSA) is 9.23 Å². The van der Waals surface area contributed by atoms with Gasteiger partial charge < -0.3 is 4.74 Å². The highest BCUT2D eigenvalue weighted by atomic mass is 19.3. The van der Waals surface area contributed by atoms with Crippen molar-refractivity contribution < 1.29 is 17.9 Å². The van der Waals surface area contributed by atoms with E-state index in [0.717, 1.165) is 19.1 Å². The van der Waals surface area contributed by atoms with Crippen LogP contribution in [-0.4, -0.2) is 0 Å². The van der Waals surface area contributed by atoms with E-state index >= 15 is 0 Å². The Labute approximate surface area is 87.2 Å². The van der Waals surface area contributed by atoms with E-state index in [9.17, 15) is 13.2 Å². The van der Waals surface area contributed by atoms with Crippen molar-refractivity contribution in [1.29, 1.82) is 0 Å². The van der Waals surface area contributed by atoms with Gasteiger partial charge in [0.1, 0.15) is 0 Å². The first-order chi connectivity index (χ1) is 7.18. The maximum Gasteiger partial charge on any atom is 0.344 e. The summed E-state index contributed by atoms with van der Waals surface area (Å²) in [4.78, 5) is 0. The average Bonchev–Trinajstić information content (AvgIpc) is 2.21. The van der Waals surface area contributed by atoms with Crippen LogP contribution in [0, 0.1) is 0 Å². The van der Waals surface area contributed by atoms with Crippen LogP contribution in [0.4, 0.5) is 13.2 Å². The molecule has 0 radical (unpaired) electrons. The number of halogens is 3. The number of rotatable bonds is 6. The second kappa shape index (κ2) is 9.12. The van der Waals surface area contributed by atoms with Gasteiger partial charge in [0, 0.05) is 0 Å². The Balaban J connectivity index is 3.67. The molecule has 84 valence electrons. The van der Waals surface area contributed by atoms with Gasteiger partial charge in [-0.15, -0.1) is 0 Å². The third-order valence-electron chi connectivity index (χ3n) is 1.38. The van der Waals surface area contributed by atoms with Crippen molar-refractivity contribution in [2.45, 2.75) is 19.8 Å². The molecule has 15 heavy (non-hydrogen) atoms. The van der Waals surface area contributed by atoms with Crippen molar-refractivity contribution in [2.24, 2.45) is 0 Å². The average molecular weight is 218 g/mol. The molecule has 0 aromatic carbocycles. The van der Waals surface area contributed by atoms with Crippen LogP contribution in [0.5, 0.6) is 0 Å². The molecule has 1 nitrogen and oxygen atoms in total. The van der Waals surface area contributed by atoms with Crippen molar-refractivity contribution in [1.82, 2.24) is 0 Å². The van der Waals surface area contributed by atoms with Gasteiger partial charge in [-0.05, 0) is 25.8 Å². The van der Waals surface area contributed by atoms with Gasteiger partial charge in [0.2, 0.25) is 0 Å². The van der Waals surface area contributed by atoms with Crippen LogP contribution in [0.1, 0.15) is 19.8 Å². The van der Waals surface area contributed by atoms with Gasteiger partial charge in [-0.2, -0.15) is 13.2 Å². The van der Waals surface area contributed by atoms with E-state index in [4.69, 9.17) is 0 Å². The van der Waals surface area contributed by atoms with Crippen LogP contribution < -0.4 is 0 Å². The number of hydrogen-bond donors (Lipinski definition) is 0. The Kier molecular flexibility index (Phi) is 8.24. The Bertz CT molecular complexity index is 274. The fourth-order valence-corrected chi connectivity index (χ4v) is 0.723. The van der Waals surface area contributed by atoms with Crippen LogP contribution in [0.25, 0.3) is 0 Å². The molecule has 0 aliphatic carbocycles. The summed E-state index contributed by atoms with van der Waals surface area (Å²) in [7, 11) is 0. The zero-order valence-electron chi connectivity index (χ0n) is 8.42. The molecule has 0 aromatic rings. The molecule has 4 heteroatoms. The molecule has 0 bridgehead atoms. The lowest BCUT2D eigenvalue weighted by molar-refractivity contribution is 0.200. The molecule has 0 N–H and O–H groups in total. The molecule has 0 saturated heterocycles. The first kappa shape index (κ1) is 13.5. The second-order valence-corrected chi connectivity index (χ2v) is 2.56. The highest BCUT2D eigenvalue weighted by molar-refractivity contribution is 5.01. The van der Waals surface area contributed by atoms with Crippen LogP contribution in [0.15, 0.2) is 48.7 Å². The van der Waals surface area contributed by atoms with Gasteiger partial charge in [0.25, 0.3) is 0 Å². The van der Waals surface area contributed by atoms with E-state index in [1.54, 1.807) is 6.08 Å². The van der Waals surface area contributed by atoms with Gasteiger partial charge >= 0.3 is 12.1 Å². The van der Waals surface area contributed by atoms with E-state index in [2.05, 4.69) is 4.74 Å². The van der Waals surface area contributed by atoms with E-state index in [1.807, 2.05) is 25.2 Å². The zero-order chi connectivity index (χ0) is 11.5. The normalized spacial score (nSPS) is 11.7. The monoisotopic (exact) mass is 218 g/mol. The van der Waals surface area contributed by atoms with Gasteiger partial charge in [-0.25, -0.2) is 0 Å². The lowest BCUT2D eigenvalue weighted by Gasteiger charge is -1.90. The number of ether oxygens (including phenoxy) is 1. The molecule has 0 spiro atoms. The molecular weight excluding hydrogens is 205 g/mol. The highest BCUT2D eigenvalue weighted by Crippen LogP contribution is 2.10. The fourth-order valence-electron chi connectivity index (χ4n) is 0.723. The Morgan fingerprint density at radius 3 is 2.33 bits per heavy atom. The van der Waals surface area contributed by atoms with Gasteiger partial charge in [0.15, 0.2) is 0 Å². The third kappa shape index (κ3) is 8.87. The molecule has 0 aromatic heterocycles. The summed E-state index contributed by atoms with van der Waals surface area (Å²) in [5, 5.41) is 0. The summed E-state index contributed by atoms with van der Waals surface area (Å²) in [6, 6.07) is -1.87. The number of allylic oxidation sites excluding steroid dienone is 5. The summed E-state index contributed by atoms with van der Waals surface area (Å²) >= 11 is 0. The number of unbranched alkanes of at least 4 members (excludes halogenated alkanes) is 1. The summed E-state index contributed by atoms with van der Waals surface area (Å²) < 4.78 is 38.9. The molecule has 0 atom stereocenters. The predicted octanol–water partition coefficient (Wildman–Crippen LogP) is 4.46. The van der Waals surface area contributed by atoms with Crippen molar-refractivity contribution in [2.75, 3.05) is 0 Å². The zero-order valence-corrected chi connectivity index (χ0v) is 8.42. The van der Waals surface area contributed by atoms with Crippen LogP contribution in [0.2, 0.25) is 0 Å². The van der Waals surface area contributed by atoms with Crippen molar-refractivity contribution in [3.05, 3.63) is 48.7 Å². The largest absolute Gasteiger partial charge is 0.436 e. The maximum absolute atomic E-state index is 12.0. The molecule has 0 aliphatic heterocycles. The van der Waals surface area contributed by atoms with Crippen LogP contribution >= 0.6 is 0 Å². The molecular formula is C11H13F3O. The minimum Gasteiger partial charge on any atom is -0.436 e. The van der Waals surface area contributed by atoms with E-state index in [-0.39, 0.29) is 0 Å². The van der Waals surface area contributed by atoms with E-state index in [0.29, 0.717) is 0 Å². The molecule has 0 heterocycles. The summed E-state index contributed by atoms with van der Waals surface area (Å²) in [5.74, 6) is 0. The predicted molar refractivity (Wildman–Crippen MR) is 53.8 cm³/mol. The standard InChI is InChI=1S/C11H13F3O/c1-2-3-4-5-6-7-8-9-15-11(14)10(12)13/h2-3,6-9H,4-5H2,1H3/b3-2-,7-6-,9-8+.